The summed E-state index contributed by atoms with van der Waals surface area (Å²) in [4.78, 5) is 39.2. The molecule has 0 saturated carbocycles. The van der Waals surface area contributed by atoms with E-state index in [0.717, 1.165) is 6.42 Å². The number of amides is 2. The fraction of sp³-hybridized carbons (Fsp3) is 0.733. The Hall–Kier alpha value is -2.10. The normalized spacial score (nSPS) is 25.3. The summed E-state index contributed by atoms with van der Waals surface area (Å²) in [6, 6.07) is 0.778. The molecule has 0 aliphatic carbocycles. The minimum Gasteiger partial charge on any atom is -0.444 e. The van der Waals surface area contributed by atoms with E-state index in [9.17, 15) is 14.4 Å². The second-order valence-electron chi connectivity index (χ2n) is 6.69. The van der Waals surface area contributed by atoms with Crippen molar-refractivity contribution in [3.63, 3.8) is 0 Å². The minimum absolute atomic E-state index is 0.00722. The SMILES string of the molecule is CC(C)(C)OC(=O)N1CC(=O)C[C@H]1C(=O)N1CCC[C@H]1C#N. The van der Waals surface area contributed by atoms with Crippen LogP contribution < -0.4 is 0 Å². The fourth-order valence-corrected chi connectivity index (χ4v) is 2.78. The van der Waals surface area contributed by atoms with E-state index in [4.69, 9.17) is 10.00 Å². The molecule has 2 atom stereocenters. The third-order valence-electron chi connectivity index (χ3n) is 3.74. The van der Waals surface area contributed by atoms with Gasteiger partial charge in [0.2, 0.25) is 5.91 Å². The van der Waals surface area contributed by atoms with Crippen molar-refractivity contribution in [1.29, 1.82) is 5.26 Å². The van der Waals surface area contributed by atoms with Gasteiger partial charge in [-0.2, -0.15) is 5.26 Å². The van der Waals surface area contributed by atoms with Gasteiger partial charge in [0.1, 0.15) is 17.7 Å². The molecule has 0 radical (unpaired) electrons. The largest absolute Gasteiger partial charge is 0.444 e. The van der Waals surface area contributed by atoms with E-state index in [2.05, 4.69) is 6.07 Å². The highest BCUT2D eigenvalue weighted by atomic mass is 16.6. The summed E-state index contributed by atoms with van der Waals surface area (Å²) in [6.07, 6.45) is 0.725. The topological polar surface area (TPSA) is 90.7 Å². The van der Waals surface area contributed by atoms with Gasteiger partial charge in [0.25, 0.3) is 0 Å². The summed E-state index contributed by atoms with van der Waals surface area (Å²) in [5.74, 6) is -0.502. The molecule has 2 saturated heterocycles. The zero-order valence-corrected chi connectivity index (χ0v) is 13.2. The highest BCUT2D eigenvalue weighted by Gasteiger charge is 2.44. The van der Waals surface area contributed by atoms with Crippen LogP contribution in [-0.4, -0.2) is 58.4 Å². The third kappa shape index (κ3) is 3.38. The van der Waals surface area contributed by atoms with E-state index in [1.807, 2.05) is 0 Å². The van der Waals surface area contributed by atoms with Gasteiger partial charge in [-0.1, -0.05) is 0 Å². The average Bonchev–Trinajstić information content (AvgIpc) is 3.01. The summed E-state index contributed by atoms with van der Waals surface area (Å²) in [6.45, 7) is 5.56. The molecule has 0 unspecified atom stereocenters. The molecule has 2 aliphatic rings. The number of carbonyl (C=O) groups excluding carboxylic acids is 3. The molecule has 2 fully saturated rings. The second kappa shape index (κ2) is 5.95. The maximum absolute atomic E-state index is 12.6. The molecule has 0 aromatic rings. The van der Waals surface area contributed by atoms with Crippen molar-refractivity contribution in [2.45, 2.75) is 57.7 Å². The van der Waals surface area contributed by atoms with Crippen molar-refractivity contribution in [3.8, 4) is 6.07 Å². The molecular formula is C15H21N3O4. The lowest BCUT2D eigenvalue weighted by molar-refractivity contribution is -0.136. The van der Waals surface area contributed by atoms with Crippen LogP contribution in [0.3, 0.4) is 0 Å². The molecule has 7 heteroatoms. The van der Waals surface area contributed by atoms with E-state index in [1.165, 1.54) is 9.80 Å². The highest BCUT2D eigenvalue weighted by Crippen LogP contribution is 2.24. The van der Waals surface area contributed by atoms with Gasteiger partial charge in [-0.25, -0.2) is 4.79 Å². The molecule has 7 nitrogen and oxygen atoms in total. The van der Waals surface area contributed by atoms with Crippen LogP contribution in [0.25, 0.3) is 0 Å². The molecule has 2 amide bonds. The number of hydrogen-bond acceptors (Lipinski definition) is 5. The number of ketones is 1. The zero-order valence-electron chi connectivity index (χ0n) is 13.2. The Morgan fingerprint density at radius 1 is 1.32 bits per heavy atom. The summed E-state index contributed by atoms with van der Waals surface area (Å²) in [5.41, 5.74) is -0.695. The molecule has 0 aromatic carbocycles. The van der Waals surface area contributed by atoms with Crippen LogP contribution in [0.2, 0.25) is 0 Å². The summed E-state index contributed by atoms with van der Waals surface area (Å²) < 4.78 is 5.27. The Kier molecular flexibility index (Phi) is 4.40. The van der Waals surface area contributed by atoms with Gasteiger partial charge < -0.3 is 9.64 Å². The number of rotatable bonds is 1. The Labute approximate surface area is 129 Å². The summed E-state index contributed by atoms with van der Waals surface area (Å²) in [7, 11) is 0. The molecular weight excluding hydrogens is 286 g/mol. The Morgan fingerprint density at radius 3 is 2.59 bits per heavy atom. The summed E-state index contributed by atoms with van der Waals surface area (Å²) in [5, 5.41) is 9.09. The molecule has 2 rings (SSSR count). The number of carbonyl (C=O) groups is 3. The number of likely N-dealkylation sites (tertiary alicyclic amines) is 2. The average molecular weight is 307 g/mol. The first-order valence-corrected chi connectivity index (χ1v) is 7.44. The van der Waals surface area contributed by atoms with E-state index in [-0.39, 0.29) is 24.7 Å². The van der Waals surface area contributed by atoms with E-state index in [1.54, 1.807) is 20.8 Å². The molecule has 0 aromatic heterocycles. The van der Waals surface area contributed by atoms with Crippen molar-refractivity contribution >= 4 is 17.8 Å². The van der Waals surface area contributed by atoms with Crippen molar-refractivity contribution in [3.05, 3.63) is 0 Å². The molecule has 2 aliphatic heterocycles. The lowest BCUT2D eigenvalue weighted by Gasteiger charge is -2.30. The van der Waals surface area contributed by atoms with Gasteiger partial charge in [-0.15, -0.1) is 0 Å². The molecule has 0 N–H and O–H groups in total. The van der Waals surface area contributed by atoms with Crippen molar-refractivity contribution in [2.75, 3.05) is 13.1 Å². The molecule has 0 bridgehead atoms. The van der Waals surface area contributed by atoms with Crippen LogP contribution in [0.4, 0.5) is 4.79 Å². The van der Waals surface area contributed by atoms with Gasteiger partial charge in [0, 0.05) is 13.0 Å². The van der Waals surface area contributed by atoms with Crippen LogP contribution in [0.5, 0.6) is 0 Å². The Bertz CT molecular complexity index is 532. The molecule has 2 heterocycles. The van der Waals surface area contributed by atoms with Gasteiger partial charge in [-0.3, -0.25) is 14.5 Å². The van der Waals surface area contributed by atoms with Gasteiger partial charge in [-0.05, 0) is 33.6 Å². The number of Topliss-reactive ketones (excluding diaryl/α,β-unsaturated/α-hetero) is 1. The lowest BCUT2D eigenvalue weighted by Crippen LogP contribution is -2.50. The van der Waals surface area contributed by atoms with Crippen molar-refractivity contribution in [2.24, 2.45) is 0 Å². The van der Waals surface area contributed by atoms with Gasteiger partial charge in [0.05, 0.1) is 12.6 Å². The van der Waals surface area contributed by atoms with Crippen LogP contribution in [-0.2, 0) is 14.3 Å². The van der Waals surface area contributed by atoms with Gasteiger partial charge in [0.15, 0.2) is 5.78 Å². The predicted molar refractivity (Wildman–Crippen MR) is 76.7 cm³/mol. The molecule has 22 heavy (non-hydrogen) atoms. The van der Waals surface area contributed by atoms with E-state index >= 15 is 0 Å². The number of hydrogen-bond donors (Lipinski definition) is 0. The maximum atomic E-state index is 12.6. The standard InChI is InChI=1S/C15H21N3O4/c1-15(2,3)22-14(21)18-9-11(19)7-12(18)13(20)17-6-4-5-10(17)8-16/h10,12H,4-7,9H2,1-3H3/t10-,12-/m0/s1. The Balaban J connectivity index is 2.14. The Morgan fingerprint density at radius 2 is 2.00 bits per heavy atom. The van der Waals surface area contributed by atoms with Gasteiger partial charge >= 0.3 is 6.09 Å². The highest BCUT2D eigenvalue weighted by molar-refractivity contribution is 5.97. The zero-order chi connectivity index (χ0) is 16.5. The van der Waals surface area contributed by atoms with Crippen LogP contribution in [0.1, 0.15) is 40.0 Å². The lowest BCUT2D eigenvalue weighted by atomic mass is 10.1. The van der Waals surface area contributed by atoms with E-state index in [0.29, 0.717) is 13.0 Å². The smallest absolute Gasteiger partial charge is 0.411 e. The number of nitrogens with zero attached hydrogens (tertiary/aromatic N) is 3. The first-order chi connectivity index (χ1) is 10.2. The number of nitriles is 1. The molecule has 0 spiro atoms. The number of ether oxygens (including phenoxy) is 1. The third-order valence-corrected chi connectivity index (χ3v) is 3.74. The fourth-order valence-electron chi connectivity index (χ4n) is 2.78. The first-order valence-electron chi connectivity index (χ1n) is 7.44. The minimum atomic E-state index is -0.851. The van der Waals surface area contributed by atoms with Crippen LogP contribution in [0.15, 0.2) is 0 Å². The van der Waals surface area contributed by atoms with Crippen LogP contribution in [0, 0.1) is 11.3 Å². The molecule has 120 valence electrons. The quantitative estimate of drug-likeness (QED) is 0.723. The van der Waals surface area contributed by atoms with Crippen molar-refractivity contribution < 1.29 is 19.1 Å². The van der Waals surface area contributed by atoms with E-state index < -0.39 is 23.8 Å². The first kappa shape index (κ1) is 16.3. The summed E-state index contributed by atoms with van der Waals surface area (Å²) >= 11 is 0. The van der Waals surface area contributed by atoms with Crippen LogP contribution >= 0.6 is 0 Å². The second-order valence-corrected chi connectivity index (χ2v) is 6.69. The van der Waals surface area contributed by atoms with Crippen molar-refractivity contribution in [1.82, 2.24) is 9.80 Å². The monoisotopic (exact) mass is 307 g/mol. The predicted octanol–water partition coefficient (Wildman–Crippen LogP) is 1.08. The maximum Gasteiger partial charge on any atom is 0.411 e.